The van der Waals surface area contributed by atoms with Crippen molar-refractivity contribution >= 4 is 17.3 Å². The van der Waals surface area contributed by atoms with Crippen LogP contribution in [0.4, 0.5) is 5.69 Å². The highest BCUT2D eigenvalue weighted by molar-refractivity contribution is 6.31. The summed E-state index contributed by atoms with van der Waals surface area (Å²) in [5.74, 6) is 0. The van der Waals surface area contributed by atoms with E-state index < -0.39 is 0 Å². The van der Waals surface area contributed by atoms with Gasteiger partial charge in [-0.15, -0.1) is 0 Å². The molecule has 16 heavy (non-hydrogen) atoms. The topological polar surface area (TPSA) is 29.3 Å². The van der Waals surface area contributed by atoms with E-state index >= 15 is 0 Å². The Balaban J connectivity index is 2.80. The minimum Gasteiger partial charge on any atom is -0.399 e. The number of nitrogens with zero attached hydrogens (tertiary/aromatic N) is 1. The molecule has 0 atom stereocenters. The highest BCUT2D eigenvalue weighted by Crippen LogP contribution is 2.21. The molecule has 1 aromatic carbocycles. The van der Waals surface area contributed by atoms with Crippen LogP contribution < -0.4 is 5.73 Å². The normalized spacial score (nSPS) is 11.4. The molecule has 0 saturated heterocycles. The van der Waals surface area contributed by atoms with E-state index in [-0.39, 0.29) is 0 Å². The van der Waals surface area contributed by atoms with Crippen LogP contribution in [-0.4, -0.2) is 17.5 Å². The molecule has 0 aliphatic heterocycles. The van der Waals surface area contributed by atoms with Crippen LogP contribution in [0.2, 0.25) is 5.02 Å². The van der Waals surface area contributed by atoms with Gasteiger partial charge in [0.05, 0.1) is 0 Å². The minimum atomic E-state index is 0.525. The van der Waals surface area contributed by atoms with E-state index in [1.807, 2.05) is 18.2 Å². The second kappa shape index (κ2) is 6.12. The van der Waals surface area contributed by atoms with E-state index in [4.69, 9.17) is 17.3 Å². The van der Waals surface area contributed by atoms with Crippen LogP contribution in [0.15, 0.2) is 18.2 Å². The molecule has 2 nitrogen and oxygen atoms in total. The Hall–Kier alpha value is -0.730. The summed E-state index contributed by atoms with van der Waals surface area (Å²) in [7, 11) is 0. The number of hydrogen-bond acceptors (Lipinski definition) is 2. The molecule has 90 valence electrons. The molecule has 1 aromatic rings. The third-order valence-electron chi connectivity index (χ3n) is 2.68. The van der Waals surface area contributed by atoms with Crippen molar-refractivity contribution in [1.29, 1.82) is 0 Å². The zero-order valence-corrected chi connectivity index (χ0v) is 11.1. The van der Waals surface area contributed by atoms with Crippen molar-refractivity contribution in [3.8, 4) is 0 Å². The first-order valence-corrected chi connectivity index (χ1v) is 6.20. The van der Waals surface area contributed by atoms with Gasteiger partial charge < -0.3 is 5.73 Å². The predicted molar refractivity (Wildman–Crippen MR) is 71.7 cm³/mol. The average molecular weight is 241 g/mol. The van der Waals surface area contributed by atoms with Crippen LogP contribution >= 0.6 is 11.6 Å². The third kappa shape index (κ3) is 3.69. The quantitative estimate of drug-likeness (QED) is 0.798. The summed E-state index contributed by atoms with van der Waals surface area (Å²) in [5, 5.41) is 0.802. The van der Waals surface area contributed by atoms with E-state index in [2.05, 4.69) is 25.7 Å². The summed E-state index contributed by atoms with van der Waals surface area (Å²) in [5.41, 5.74) is 7.67. The van der Waals surface area contributed by atoms with Crippen molar-refractivity contribution in [3.05, 3.63) is 28.8 Å². The molecule has 0 unspecified atom stereocenters. The number of rotatable bonds is 5. The second-order valence-electron chi connectivity index (χ2n) is 4.42. The molecular weight excluding hydrogens is 220 g/mol. The van der Waals surface area contributed by atoms with Crippen molar-refractivity contribution in [2.24, 2.45) is 0 Å². The van der Waals surface area contributed by atoms with Gasteiger partial charge in [-0.3, -0.25) is 4.90 Å². The van der Waals surface area contributed by atoms with Gasteiger partial charge in [0.1, 0.15) is 0 Å². The SMILES string of the molecule is CCCN(Cc1cc(N)ccc1Cl)C(C)C. The molecule has 0 aromatic heterocycles. The Kier molecular flexibility index (Phi) is 5.10. The zero-order chi connectivity index (χ0) is 12.1. The number of halogens is 1. The molecule has 0 radical (unpaired) electrons. The van der Waals surface area contributed by atoms with Crippen molar-refractivity contribution in [3.63, 3.8) is 0 Å². The van der Waals surface area contributed by atoms with Gasteiger partial charge in [-0.1, -0.05) is 18.5 Å². The van der Waals surface area contributed by atoms with E-state index in [1.165, 1.54) is 0 Å². The Labute approximate surface area is 103 Å². The van der Waals surface area contributed by atoms with Crippen molar-refractivity contribution in [1.82, 2.24) is 4.90 Å². The molecule has 2 N–H and O–H groups in total. The van der Waals surface area contributed by atoms with E-state index in [1.54, 1.807) is 0 Å². The highest BCUT2D eigenvalue weighted by atomic mass is 35.5. The fraction of sp³-hybridized carbons (Fsp3) is 0.538. The molecule has 0 amide bonds. The maximum atomic E-state index is 6.16. The van der Waals surface area contributed by atoms with Gasteiger partial charge >= 0.3 is 0 Å². The number of anilines is 1. The van der Waals surface area contributed by atoms with Crippen molar-refractivity contribution < 1.29 is 0 Å². The molecular formula is C13H21ClN2. The number of nitrogen functional groups attached to an aromatic ring is 1. The van der Waals surface area contributed by atoms with Crippen LogP contribution in [0.3, 0.4) is 0 Å². The van der Waals surface area contributed by atoms with Crippen LogP contribution in [0.5, 0.6) is 0 Å². The molecule has 1 rings (SSSR count). The zero-order valence-electron chi connectivity index (χ0n) is 10.3. The summed E-state index contributed by atoms with van der Waals surface area (Å²) in [4.78, 5) is 2.40. The standard InChI is InChI=1S/C13H21ClN2/c1-4-7-16(10(2)3)9-11-8-12(15)5-6-13(11)14/h5-6,8,10H,4,7,9,15H2,1-3H3. The van der Waals surface area contributed by atoms with Crippen LogP contribution in [0.25, 0.3) is 0 Å². The van der Waals surface area contributed by atoms with Crippen LogP contribution in [0, 0.1) is 0 Å². The summed E-state index contributed by atoms with van der Waals surface area (Å²) in [6.07, 6.45) is 1.15. The summed E-state index contributed by atoms with van der Waals surface area (Å²) >= 11 is 6.16. The van der Waals surface area contributed by atoms with Crippen molar-refractivity contribution in [2.45, 2.75) is 39.8 Å². The molecule has 0 spiro atoms. The second-order valence-corrected chi connectivity index (χ2v) is 4.82. The van der Waals surface area contributed by atoms with E-state index in [0.717, 1.165) is 35.8 Å². The van der Waals surface area contributed by atoms with E-state index in [0.29, 0.717) is 6.04 Å². The van der Waals surface area contributed by atoms with Gasteiger partial charge in [-0.25, -0.2) is 0 Å². The molecule has 0 aliphatic rings. The monoisotopic (exact) mass is 240 g/mol. The third-order valence-corrected chi connectivity index (χ3v) is 3.05. The lowest BCUT2D eigenvalue weighted by atomic mass is 10.1. The fourth-order valence-electron chi connectivity index (χ4n) is 1.74. The van der Waals surface area contributed by atoms with Gasteiger partial charge in [-0.05, 0) is 50.6 Å². The highest BCUT2D eigenvalue weighted by Gasteiger charge is 2.11. The fourth-order valence-corrected chi connectivity index (χ4v) is 1.92. The summed E-state index contributed by atoms with van der Waals surface area (Å²) < 4.78 is 0. The Bertz CT molecular complexity index is 337. The Morgan fingerprint density at radius 3 is 2.62 bits per heavy atom. The molecule has 0 fully saturated rings. The van der Waals surface area contributed by atoms with Gasteiger partial charge in [0.15, 0.2) is 0 Å². The summed E-state index contributed by atoms with van der Waals surface area (Å²) in [6, 6.07) is 6.20. The van der Waals surface area contributed by atoms with Crippen molar-refractivity contribution in [2.75, 3.05) is 12.3 Å². The number of hydrogen-bond donors (Lipinski definition) is 1. The Morgan fingerprint density at radius 1 is 1.38 bits per heavy atom. The average Bonchev–Trinajstić information content (AvgIpc) is 2.22. The molecule has 0 aliphatic carbocycles. The number of nitrogens with two attached hydrogens (primary N) is 1. The lowest BCUT2D eigenvalue weighted by molar-refractivity contribution is 0.213. The lowest BCUT2D eigenvalue weighted by Crippen LogP contribution is -2.31. The van der Waals surface area contributed by atoms with Gasteiger partial charge in [0, 0.05) is 23.3 Å². The van der Waals surface area contributed by atoms with Crippen LogP contribution in [-0.2, 0) is 6.54 Å². The van der Waals surface area contributed by atoms with Crippen LogP contribution in [0.1, 0.15) is 32.8 Å². The van der Waals surface area contributed by atoms with E-state index in [9.17, 15) is 0 Å². The lowest BCUT2D eigenvalue weighted by Gasteiger charge is -2.26. The molecule has 0 heterocycles. The first-order valence-electron chi connectivity index (χ1n) is 5.82. The maximum absolute atomic E-state index is 6.16. The molecule has 0 saturated carbocycles. The summed E-state index contributed by atoms with van der Waals surface area (Å²) in [6.45, 7) is 8.56. The van der Waals surface area contributed by atoms with Gasteiger partial charge in [0.25, 0.3) is 0 Å². The first kappa shape index (κ1) is 13.3. The number of benzene rings is 1. The smallest absolute Gasteiger partial charge is 0.0452 e. The van der Waals surface area contributed by atoms with Gasteiger partial charge in [-0.2, -0.15) is 0 Å². The van der Waals surface area contributed by atoms with Gasteiger partial charge in [0.2, 0.25) is 0 Å². The Morgan fingerprint density at radius 2 is 2.06 bits per heavy atom. The maximum Gasteiger partial charge on any atom is 0.0452 e. The predicted octanol–water partition coefficient (Wildman–Crippen LogP) is 3.54. The minimum absolute atomic E-state index is 0.525. The molecule has 3 heteroatoms. The first-order chi connectivity index (χ1) is 7.54. The largest absolute Gasteiger partial charge is 0.399 e. The molecule has 0 bridgehead atoms.